The summed E-state index contributed by atoms with van der Waals surface area (Å²) in [6.07, 6.45) is 4.21. The molecule has 1 aromatic heterocycles. The Bertz CT molecular complexity index is 2140. The van der Waals surface area contributed by atoms with Crippen LogP contribution in [0, 0.1) is 11.3 Å². The number of nitrogens with zero attached hydrogens (tertiary/aromatic N) is 1. The number of amides is 3. The smallest absolute Gasteiger partial charge is 0.272 e. The standard InChI is InChI=1S/C42H38N4O4S2/c1-3-50-37-20-11-10-17-31(37)23-36(45-40(48)29-15-8-5-9-16-29)41(49)44-32-18-12-19-33(25-32)51-27(2)39(47)46-42-35(26-43)34-22-21-30(24-38(34)52-42)28-13-6-4-7-14-28/h4-20,23,25,27,30H,3,21-22,24H2,1-2H3,(H,44,49)(H,45,48)(H,46,47)/b36-23+. The van der Waals surface area contributed by atoms with Crippen molar-refractivity contribution in [1.29, 1.82) is 5.26 Å². The normalized spacial score (nSPS) is 14.3. The van der Waals surface area contributed by atoms with Gasteiger partial charge in [0.25, 0.3) is 11.8 Å². The summed E-state index contributed by atoms with van der Waals surface area (Å²) < 4.78 is 5.75. The molecule has 2 unspecified atom stereocenters. The highest BCUT2D eigenvalue weighted by Gasteiger charge is 2.28. The van der Waals surface area contributed by atoms with Crippen molar-refractivity contribution in [3.8, 4) is 11.8 Å². The lowest BCUT2D eigenvalue weighted by Gasteiger charge is -2.22. The van der Waals surface area contributed by atoms with E-state index in [0.717, 1.165) is 34.6 Å². The van der Waals surface area contributed by atoms with Crippen LogP contribution < -0.4 is 20.7 Å². The molecule has 1 aliphatic rings. The molecule has 0 aliphatic heterocycles. The number of para-hydroxylation sites is 1. The fraction of sp³-hybridized carbons (Fsp3) is 0.190. The molecule has 5 aromatic rings. The van der Waals surface area contributed by atoms with E-state index in [1.54, 1.807) is 54.6 Å². The lowest BCUT2D eigenvalue weighted by molar-refractivity contribution is -0.115. The van der Waals surface area contributed by atoms with E-state index in [0.29, 0.717) is 45.7 Å². The number of fused-ring (bicyclic) bond motifs is 1. The molecule has 0 radical (unpaired) electrons. The van der Waals surface area contributed by atoms with E-state index in [-0.39, 0.29) is 11.6 Å². The molecule has 3 N–H and O–H groups in total. The van der Waals surface area contributed by atoms with Gasteiger partial charge >= 0.3 is 0 Å². The second-order valence-corrected chi connectivity index (χ2v) is 14.8. The topological polar surface area (TPSA) is 120 Å². The van der Waals surface area contributed by atoms with Crippen LogP contribution >= 0.6 is 23.1 Å². The first-order valence-electron chi connectivity index (χ1n) is 17.1. The molecule has 2 atom stereocenters. The first-order chi connectivity index (χ1) is 25.3. The molecule has 0 fully saturated rings. The van der Waals surface area contributed by atoms with E-state index >= 15 is 0 Å². The molecule has 262 valence electrons. The van der Waals surface area contributed by atoms with Gasteiger partial charge in [0.15, 0.2) is 0 Å². The fourth-order valence-corrected chi connectivity index (χ4v) is 8.31. The lowest BCUT2D eigenvalue weighted by Crippen LogP contribution is -2.30. The summed E-state index contributed by atoms with van der Waals surface area (Å²) in [6.45, 7) is 4.13. The minimum Gasteiger partial charge on any atom is -0.493 e. The SMILES string of the molecule is CCOc1ccccc1/C=C(/NC(=O)c1ccccc1)C(=O)Nc1cccc(SC(C)C(=O)Nc2sc3c(c2C#N)CCC(c2ccccc2)C3)c1. The van der Waals surface area contributed by atoms with Crippen molar-refractivity contribution in [2.75, 3.05) is 17.2 Å². The molecular formula is C42H38N4O4S2. The number of benzene rings is 4. The van der Waals surface area contributed by atoms with Gasteiger partial charge in [-0.25, -0.2) is 0 Å². The number of carbonyl (C=O) groups is 3. The molecule has 4 aromatic carbocycles. The van der Waals surface area contributed by atoms with Crippen LogP contribution in [0.25, 0.3) is 6.08 Å². The van der Waals surface area contributed by atoms with Crippen LogP contribution in [0.1, 0.15) is 63.7 Å². The van der Waals surface area contributed by atoms with Crippen molar-refractivity contribution in [2.45, 2.75) is 49.2 Å². The highest BCUT2D eigenvalue weighted by atomic mass is 32.2. The van der Waals surface area contributed by atoms with Crippen LogP contribution in [0.5, 0.6) is 5.75 Å². The average molecular weight is 727 g/mol. The van der Waals surface area contributed by atoms with Crippen LogP contribution in [0.4, 0.5) is 10.7 Å². The number of rotatable bonds is 12. The Hall–Kier alpha value is -5.63. The molecule has 1 aliphatic carbocycles. The van der Waals surface area contributed by atoms with Gasteiger partial charge in [-0.1, -0.05) is 72.8 Å². The van der Waals surface area contributed by atoms with Crippen molar-refractivity contribution < 1.29 is 19.1 Å². The third-order valence-corrected chi connectivity index (χ3v) is 11.0. The average Bonchev–Trinajstić information content (AvgIpc) is 3.52. The van der Waals surface area contributed by atoms with Gasteiger partial charge in [0, 0.05) is 26.6 Å². The van der Waals surface area contributed by atoms with Crippen LogP contribution in [-0.2, 0) is 22.4 Å². The molecule has 10 heteroatoms. The van der Waals surface area contributed by atoms with E-state index in [1.807, 2.05) is 50.2 Å². The molecule has 0 bridgehead atoms. The Morgan fingerprint density at radius 2 is 1.69 bits per heavy atom. The van der Waals surface area contributed by atoms with Crippen LogP contribution in [0.15, 0.2) is 120 Å². The Morgan fingerprint density at radius 3 is 2.44 bits per heavy atom. The number of ether oxygens (including phenoxy) is 1. The summed E-state index contributed by atoms with van der Waals surface area (Å²) in [6, 6.07) is 35.9. The number of nitrogens with one attached hydrogen (secondary N) is 3. The monoisotopic (exact) mass is 726 g/mol. The van der Waals surface area contributed by atoms with E-state index in [9.17, 15) is 19.6 Å². The maximum atomic E-state index is 13.7. The number of hydrogen-bond acceptors (Lipinski definition) is 7. The third-order valence-electron chi connectivity index (χ3n) is 8.71. The first kappa shape index (κ1) is 36.2. The Morgan fingerprint density at radius 1 is 0.962 bits per heavy atom. The molecule has 0 saturated heterocycles. The fourth-order valence-electron chi connectivity index (χ4n) is 6.10. The van der Waals surface area contributed by atoms with Crippen molar-refractivity contribution in [2.24, 2.45) is 0 Å². The van der Waals surface area contributed by atoms with E-state index in [4.69, 9.17) is 4.74 Å². The van der Waals surface area contributed by atoms with Gasteiger partial charge in [-0.15, -0.1) is 23.1 Å². The molecular weight excluding hydrogens is 689 g/mol. The number of anilines is 2. The van der Waals surface area contributed by atoms with Gasteiger partial charge in [-0.3, -0.25) is 14.4 Å². The van der Waals surface area contributed by atoms with Gasteiger partial charge in [0.05, 0.1) is 17.4 Å². The Kier molecular flexibility index (Phi) is 11.9. The van der Waals surface area contributed by atoms with Crippen LogP contribution in [-0.4, -0.2) is 29.6 Å². The minimum atomic E-state index is -0.524. The molecule has 0 spiro atoms. The van der Waals surface area contributed by atoms with Gasteiger partial charge in [0.1, 0.15) is 22.5 Å². The number of carbonyl (C=O) groups excluding carboxylic acids is 3. The van der Waals surface area contributed by atoms with Crippen molar-refractivity contribution in [3.05, 3.63) is 148 Å². The number of thiophene rings is 1. The second-order valence-electron chi connectivity index (χ2n) is 12.3. The quantitative estimate of drug-likeness (QED) is 0.0873. The van der Waals surface area contributed by atoms with Gasteiger partial charge in [-0.2, -0.15) is 5.26 Å². The summed E-state index contributed by atoms with van der Waals surface area (Å²) in [5, 5.41) is 18.8. The molecule has 8 nitrogen and oxygen atoms in total. The van der Waals surface area contributed by atoms with E-state index < -0.39 is 17.1 Å². The maximum absolute atomic E-state index is 13.7. The summed E-state index contributed by atoms with van der Waals surface area (Å²) in [5.74, 6) is -0.194. The third kappa shape index (κ3) is 8.80. The van der Waals surface area contributed by atoms with Crippen molar-refractivity contribution in [3.63, 3.8) is 0 Å². The minimum absolute atomic E-state index is 0.0360. The second kappa shape index (κ2) is 17.1. The molecule has 1 heterocycles. The Balaban J connectivity index is 1.14. The number of nitriles is 1. The zero-order valence-electron chi connectivity index (χ0n) is 28.8. The van der Waals surface area contributed by atoms with Gasteiger partial charge < -0.3 is 20.7 Å². The summed E-state index contributed by atoms with van der Waals surface area (Å²) in [5.41, 5.74) is 4.48. The zero-order valence-corrected chi connectivity index (χ0v) is 30.5. The van der Waals surface area contributed by atoms with E-state index in [2.05, 4.69) is 46.3 Å². The molecule has 52 heavy (non-hydrogen) atoms. The summed E-state index contributed by atoms with van der Waals surface area (Å²) in [7, 11) is 0. The summed E-state index contributed by atoms with van der Waals surface area (Å²) >= 11 is 2.84. The first-order valence-corrected chi connectivity index (χ1v) is 18.8. The zero-order chi connectivity index (χ0) is 36.5. The number of hydrogen-bond donors (Lipinski definition) is 3. The van der Waals surface area contributed by atoms with Crippen molar-refractivity contribution in [1.82, 2.24) is 5.32 Å². The van der Waals surface area contributed by atoms with Gasteiger partial charge in [-0.05, 0) is 92.6 Å². The van der Waals surface area contributed by atoms with E-state index in [1.165, 1.54) is 28.7 Å². The maximum Gasteiger partial charge on any atom is 0.272 e. The predicted molar refractivity (Wildman–Crippen MR) is 209 cm³/mol. The predicted octanol–water partition coefficient (Wildman–Crippen LogP) is 8.82. The molecule has 3 amide bonds. The highest BCUT2D eigenvalue weighted by Crippen LogP contribution is 2.42. The largest absolute Gasteiger partial charge is 0.493 e. The van der Waals surface area contributed by atoms with Crippen LogP contribution in [0.2, 0.25) is 0 Å². The molecule has 6 rings (SSSR count). The number of thioether (sulfide) groups is 1. The van der Waals surface area contributed by atoms with Gasteiger partial charge in [0.2, 0.25) is 5.91 Å². The van der Waals surface area contributed by atoms with Crippen LogP contribution in [0.3, 0.4) is 0 Å². The Labute approximate surface area is 311 Å². The molecule has 0 saturated carbocycles. The van der Waals surface area contributed by atoms with Crippen molar-refractivity contribution >= 4 is 57.6 Å². The highest BCUT2D eigenvalue weighted by molar-refractivity contribution is 8.00. The summed E-state index contributed by atoms with van der Waals surface area (Å²) in [4.78, 5) is 42.2. The lowest BCUT2D eigenvalue weighted by atomic mass is 9.83.